The van der Waals surface area contributed by atoms with Gasteiger partial charge in [-0.2, -0.15) is 0 Å². The zero-order chi connectivity index (χ0) is 27.4. The molecule has 3 aromatic rings. The Balaban J connectivity index is 1.89. The third kappa shape index (κ3) is 4.95. The summed E-state index contributed by atoms with van der Waals surface area (Å²) < 4.78 is 21.5. The van der Waals surface area contributed by atoms with Crippen molar-refractivity contribution in [2.45, 2.75) is 19.5 Å². The summed E-state index contributed by atoms with van der Waals surface area (Å²) in [4.78, 5) is 28.2. The Morgan fingerprint density at radius 2 is 1.66 bits per heavy atom. The Labute approximate surface area is 220 Å². The van der Waals surface area contributed by atoms with Crippen LogP contribution in [0.5, 0.6) is 28.7 Å². The van der Waals surface area contributed by atoms with E-state index in [2.05, 4.69) is 0 Å². The number of aliphatic hydroxyl groups excluding tert-OH is 1. The number of carbonyl (C=O) groups excluding carboxylic acids is 2. The maximum absolute atomic E-state index is 13.4. The third-order valence-corrected chi connectivity index (χ3v) is 6.28. The monoisotopic (exact) mass is 519 g/mol. The van der Waals surface area contributed by atoms with Crippen molar-refractivity contribution in [3.8, 4) is 28.7 Å². The fraction of sp³-hybridized carbons (Fsp3) is 0.241. The number of rotatable bonds is 9. The van der Waals surface area contributed by atoms with E-state index >= 15 is 0 Å². The molecule has 4 rings (SSSR count). The molecule has 9 nitrogen and oxygen atoms in total. The molecule has 1 heterocycles. The highest BCUT2D eigenvalue weighted by atomic mass is 16.5. The average molecular weight is 520 g/mol. The van der Waals surface area contributed by atoms with Gasteiger partial charge >= 0.3 is 0 Å². The largest absolute Gasteiger partial charge is 0.507 e. The van der Waals surface area contributed by atoms with Crippen LogP contribution in [0.25, 0.3) is 5.76 Å². The van der Waals surface area contributed by atoms with Gasteiger partial charge in [0.2, 0.25) is 0 Å². The van der Waals surface area contributed by atoms with Gasteiger partial charge < -0.3 is 34.1 Å². The summed E-state index contributed by atoms with van der Waals surface area (Å²) in [5, 5.41) is 21.7. The van der Waals surface area contributed by atoms with Gasteiger partial charge in [0.15, 0.2) is 23.0 Å². The lowest BCUT2D eigenvalue weighted by Gasteiger charge is -2.26. The highest BCUT2D eigenvalue weighted by molar-refractivity contribution is 6.46. The number of Topliss-reactive ketones (excluding diaryl/α,β-unsaturated/α-hetero) is 1. The molecule has 1 amide bonds. The number of hydrogen-bond donors (Lipinski definition) is 2. The zero-order valence-electron chi connectivity index (χ0n) is 21.6. The van der Waals surface area contributed by atoms with E-state index in [0.29, 0.717) is 29.4 Å². The molecule has 0 bridgehead atoms. The highest BCUT2D eigenvalue weighted by Gasteiger charge is 2.46. The predicted molar refractivity (Wildman–Crippen MR) is 140 cm³/mol. The minimum absolute atomic E-state index is 0.0694. The number of hydrogen-bond acceptors (Lipinski definition) is 8. The standard InChI is InChI=1S/C29H29NO8/c1-5-38-23-14-18(9-11-21(23)31)26-25(27(32)19-10-12-22(36-3)24(15-19)37-4)28(33)29(34)30(26)16-17-7-6-8-20(13-17)35-2/h6-15,26,31-32H,5,16H2,1-4H3/b27-25-. The van der Waals surface area contributed by atoms with Crippen LogP contribution in [-0.2, 0) is 16.1 Å². The number of amides is 1. The van der Waals surface area contributed by atoms with Crippen molar-refractivity contribution in [3.05, 3.63) is 82.9 Å². The number of carbonyl (C=O) groups is 2. The number of ether oxygens (including phenoxy) is 4. The Morgan fingerprint density at radius 1 is 0.895 bits per heavy atom. The van der Waals surface area contributed by atoms with Gasteiger partial charge in [0.1, 0.15) is 11.5 Å². The number of nitrogens with zero attached hydrogens (tertiary/aromatic N) is 1. The van der Waals surface area contributed by atoms with E-state index in [9.17, 15) is 19.8 Å². The molecule has 0 saturated carbocycles. The second-order valence-electron chi connectivity index (χ2n) is 8.51. The molecule has 2 N–H and O–H groups in total. The lowest BCUT2D eigenvalue weighted by atomic mass is 9.94. The minimum atomic E-state index is -0.964. The summed E-state index contributed by atoms with van der Waals surface area (Å²) in [7, 11) is 4.49. The number of methoxy groups -OCH3 is 3. The van der Waals surface area contributed by atoms with E-state index in [1.807, 2.05) is 6.07 Å². The lowest BCUT2D eigenvalue weighted by Crippen LogP contribution is -2.29. The van der Waals surface area contributed by atoms with E-state index < -0.39 is 17.7 Å². The van der Waals surface area contributed by atoms with Gasteiger partial charge in [-0.1, -0.05) is 18.2 Å². The van der Waals surface area contributed by atoms with E-state index in [1.165, 1.54) is 31.3 Å². The van der Waals surface area contributed by atoms with Gasteiger partial charge in [0, 0.05) is 12.1 Å². The van der Waals surface area contributed by atoms with Crippen LogP contribution in [0.3, 0.4) is 0 Å². The predicted octanol–water partition coefficient (Wildman–Crippen LogP) is 4.44. The number of phenolic OH excluding ortho intramolecular Hbond substituents is 1. The first-order chi connectivity index (χ1) is 18.3. The molecule has 1 unspecified atom stereocenters. The number of aliphatic hydroxyl groups is 1. The average Bonchev–Trinajstić information content (AvgIpc) is 3.18. The first kappa shape index (κ1) is 26.4. The molecule has 9 heteroatoms. The van der Waals surface area contributed by atoms with Crippen molar-refractivity contribution in [3.63, 3.8) is 0 Å². The Morgan fingerprint density at radius 3 is 2.34 bits per heavy atom. The molecule has 0 radical (unpaired) electrons. The first-order valence-corrected chi connectivity index (χ1v) is 11.9. The van der Waals surface area contributed by atoms with Crippen molar-refractivity contribution in [2.75, 3.05) is 27.9 Å². The summed E-state index contributed by atoms with van der Waals surface area (Å²) >= 11 is 0. The lowest BCUT2D eigenvalue weighted by molar-refractivity contribution is -0.140. The molecule has 1 saturated heterocycles. The molecule has 198 valence electrons. The van der Waals surface area contributed by atoms with Crippen LogP contribution < -0.4 is 18.9 Å². The summed E-state index contributed by atoms with van der Waals surface area (Å²) in [6.45, 7) is 2.14. The number of phenols is 1. The molecule has 3 aromatic carbocycles. The van der Waals surface area contributed by atoms with Gasteiger partial charge in [-0.3, -0.25) is 9.59 Å². The molecular weight excluding hydrogens is 490 g/mol. The Bertz CT molecular complexity index is 1400. The molecule has 0 aliphatic carbocycles. The van der Waals surface area contributed by atoms with E-state index in [4.69, 9.17) is 18.9 Å². The second kappa shape index (κ2) is 11.2. The fourth-order valence-electron chi connectivity index (χ4n) is 4.47. The molecule has 1 fully saturated rings. The van der Waals surface area contributed by atoms with E-state index in [-0.39, 0.29) is 34.9 Å². The van der Waals surface area contributed by atoms with Crippen molar-refractivity contribution >= 4 is 17.4 Å². The summed E-state index contributed by atoms with van der Waals surface area (Å²) in [5.74, 6) is -0.468. The molecular formula is C29H29NO8. The molecule has 0 spiro atoms. The van der Waals surface area contributed by atoms with Crippen LogP contribution in [-0.4, -0.2) is 54.7 Å². The Hall–Kier alpha value is -4.66. The van der Waals surface area contributed by atoms with Crippen molar-refractivity contribution < 1.29 is 38.7 Å². The van der Waals surface area contributed by atoms with Crippen LogP contribution in [0.1, 0.15) is 29.7 Å². The number of likely N-dealkylation sites (tertiary alicyclic amines) is 1. The van der Waals surface area contributed by atoms with Crippen LogP contribution in [0.2, 0.25) is 0 Å². The van der Waals surface area contributed by atoms with Crippen molar-refractivity contribution in [2.24, 2.45) is 0 Å². The minimum Gasteiger partial charge on any atom is -0.507 e. The molecule has 1 aliphatic heterocycles. The van der Waals surface area contributed by atoms with Crippen LogP contribution in [0.15, 0.2) is 66.2 Å². The molecule has 38 heavy (non-hydrogen) atoms. The van der Waals surface area contributed by atoms with Gasteiger partial charge in [-0.15, -0.1) is 0 Å². The topological polar surface area (TPSA) is 115 Å². The van der Waals surface area contributed by atoms with E-state index in [1.54, 1.807) is 56.5 Å². The van der Waals surface area contributed by atoms with Gasteiger partial charge in [-0.25, -0.2) is 0 Å². The second-order valence-corrected chi connectivity index (χ2v) is 8.51. The van der Waals surface area contributed by atoms with Crippen LogP contribution >= 0.6 is 0 Å². The normalized spacial score (nSPS) is 16.4. The smallest absolute Gasteiger partial charge is 0.295 e. The van der Waals surface area contributed by atoms with Crippen molar-refractivity contribution in [1.29, 1.82) is 0 Å². The van der Waals surface area contributed by atoms with Crippen molar-refractivity contribution in [1.82, 2.24) is 4.90 Å². The quantitative estimate of drug-likeness (QED) is 0.242. The van der Waals surface area contributed by atoms with Gasteiger partial charge in [0.25, 0.3) is 11.7 Å². The first-order valence-electron chi connectivity index (χ1n) is 11.9. The maximum Gasteiger partial charge on any atom is 0.295 e. The third-order valence-electron chi connectivity index (χ3n) is 6.28. The SMILES string of the molecule is CCOc1cc(C2/C(=C(/O)c3ccc(OC)c(OC)c3)C(=O)C(=O)N2Cc2cccc(OC)c2)ccc1O. The van der Waals surface area contributed by atoms with Crippen LogP contribution in [0.4, 0.5) is 0 Å². The van der Waals surface area contributed by atoms with Gasteiger partial charge in [-0.05, 0) is 60.5 Å². The maximum atomic E-state index is 13.4. The van der Waals surface area contributed by atoms with E-state index in [0.717, 1.165) is 5.56 Å². The molecule has 0 aromatic heterocycles. The zero-order valence-corrected chi connectivity index (χ0v) is 21.6. The number of benzene rings is 3. The molecule has 1 aliphatic rings. The number of aromatic hydroxyl groups is 1. The Kier molecular flexibility index (Phi) is 7.76. The molecule has 1 atom stereocenters. The summed E-state index contributed by atoms with van der Waals surface area (Å²) in [6, 6.07) is 15.5. The van der Waals surface area contributed by atoms with Gasteiger partial charge in [0.05, 0.1) is 39.6 Å². The summed E-state index contributed by atoms with van der Waals surface area (Å²) in [5.41, 5.74) is 1.38. The fourth-order valence-corrected chi connectivity index (χ4v) is 4.47. The van der Waals surface area contributed by atoms with Crippen LogP contribution in [0, 0.1) is 0 Å². The number of ketones is 1. The summed E-state index contributed by atoms with van der Waals surface area (Å²) in [6.07, 6.45) is 0. The highest BCUT2D eigenvalue weighted by Crippen LogP contribution is 2.43.